The van der Waals surface area contributed by atoms with E-state index in [2.05, 4.69) is 5.32 Å². The van der Waals surface area contributed by atoms with E-state index >= 15 is 0 Å². The van der Waals surface area contributed by atoms with Gasteiger partial charge in [0, 0.05) is 17.5 Å². The number of hydrogen-bond acceptors (Lipinski definition) is 3. The molecule has 1 amide bonds. The Balaban J connectivity index is 2.24. The van der Waals surface area contributed by atoms with Crippen molar-refractivity contribution in [1.82, 2.24) is 9.62 Å². The third-order valence-corrected chi connectivity index (χ3v) is 5.09. The van der Waals surface area contributed by atoms with Crippen molar-refractivity contribution in [2.45, 2.75) is 32.9 Å². The number of carbonyl (C=O) groups excluding carboxylic acids is 1. The van der Waals surface area contributed by atoms with Crippen LogP contribution in [-0.4, -0.2) is 30.7 Å². The van der Waals surface area contributed by atoms with Gasteiger partial charge < -0.3 is 5.32 Å². The lowest BCUT2D eigenvalue weighted by atomic mass is 10.1. The summed E-state index contributed by atoms with van der Waals surface area (Å²) in [6.07, 6.45) is 1.54. The number of sulfonamides is 1. The van der Waals surface area contributed by atoms with Gasteiger partial charge in [0.2, 0.25) is 15.9 Å². The summed E-state index contributed by atoms with van der Waals surface area (Å²) in [5.74, 6) is -0.338. The smallest absolute Gasteiger partial charge is 0.237 e. The molecule has 2 aromatic carbocycles. The summed E-state index contributed by atoms with van der Waals surface area (Å²) in [4.78, 5) is 12.3. The molecule has 0 spiro atoms. The number of nitrogens with zero attached hydrogens (tertiary/aromatic N) is 1. The first-order chi connectivity index (χ1) is 12.7. The highest BCUT2D eigenvalue weighted by molar-refractivity contribution is 7.92. The average molecular weight is 387 g/mol. The van der Waals surface area contributed by atoms with Crippen LogP contribution in [0, 0.1) is 0 Å². The van der Waals surface area contributed by atoms with Gasteiger partial charge in [0.25, 0.3) is 0 Å². The van der Waals surface area contributed by atoms with Crippen LogP contribution < -0.4 is 5.32 Å². The molecule has 0 heterocycles. The van der Waals surface area contributed by atoms with Crippen molar-refractivity contribution in [3.63, 3.8) is 0 Å². The summed E-state index contributed by atoms with van der Waals surface area (Å²) in [6.45, 7) is 5.45. The number of rotatable bonds is 7. The molecule has 6 heteroatoms. The molecule has 0 atom stereocenters. The quantitative estimate of drug-likeness (QED) is 0.793. The zero-order valence-electron chi connectivity index (χ0n) is 15.9. The lowest BCUT2D eigenvalue weighted by Gasteiger charge is -2.24. The third-order valence-electron chi connectivity index (χ3n) is 3.63. The van der Waals surface area contributed by atoms with Gasteiger partial charge in [0.05, 0.1) is 6.54 Å². The highest BCUT2D eigenvalue weighted by atomic mass is 32.2. The van der Waals surface area contributed by atoms with E-state index in [4.69, 9.17) is 0 Å². The molecule has 27 heavy (non-hydrogen) atoms. The monoisotopic (exact) mass is 386 g/mol. The van der Waals surface area contributed by atoms with Crippen LogP contribution >= 0.6 is 0 Å². The lowest BCUT2D eigenvalue weighted by molar-refractivity contribution is -0.122. The molecule has 2 aromatic rings. The third kappa shape index (κ3) is 7.37. The molecular weight excluding hydrogens is 360 g/mol. The van der Waals surface area contributed by atoms with Crippen LogP contribution in [0.3, 0.4) is 0 Å². The van der Waals surface area contributed by atoms with Crippen LogP contribution in [0.4, 0.5) is 0 Å². The zero-order valence-corrected chi connectivity index (χ0v) is 16.7. The molecule has 0 saturated heterocycles. The topological polar surface area (TPSA) is 66.5 Å². The van der Waals surface area contributed by atoms with E-state index in [1.54, 1.807) is 0 Å². The van der Waals surface area contributed by atoms with Crippen molar-refractivity contribution in [1.29, 1.82) is 0 Å². The van der Waals surface area contributed by atoms with Gasteiger partial charge in [-0.25, -0.2) is 8.42 Å². The number of amides is 1. The standard InChI is InChI=1S/C21H26N2O3S/c1-21(2,3)22-20(24)17-23(16-19-12-8-5-9-13-19)27(25,26)15-14-18-10-6-4-7-11-18/h4-15H,16-17H2,1-3H3,(H,22,24)/b15-14+. The van der Waals surface area contributed by atoms with Crippen molar-refractivity contribution in [3.05, 3.63) is 77.2 Å². The predicted molar refractivity (Wildman–Crippen MR) is 109 cm³/mol. The van der Waals surface area contributed by atoms with Crippen LogP contribution in [0.5, 0.6) is 0 Å². The summed E-state index contributed by atoms with van der Waals surface area (Å²) in [6, 6.07) is 18.4. The second kappa shape index (κ2) is 8.97. The Hall–Kier alpha value is -2.44. The Bertz CT molecular complexity index is 871. The predicted octanol–water partition coefficient (Wildman–Crippen LogP) is 3.40. The van der Waals surface area contributed by atoms with Gasteiger partial charge in [0.15, 0.2) is 0 Å². The molecule has 5 nitrogen and oxygen atoms in total. The van der Waals surface area contributed by atoms with Crippen molar-refractivity contribution in [3.8, 4) is 0 Å². The SMILES string of the molecule is CC(C)(C)NC(=O)CN(Cc1ccccc1)S(=O)(=O)/C=C/c1ccccc1. The molecule has 0 aromatic heterocycles. The maximum atomic E-state index is 12.9. The molecule has 2 rings (SSSR count). The Morgan fingerprint density at radius 1 is 1.00 bits per heavy atom. The van der Waals surface area contributed by atoms with Crippen molar-refractivity contribution >= 4 is 22.0 Å². The van der Waals surface area contributed by atoms with Gasteiger partial charge in [0.1, 0.15) is 0 Å². The van der Waals surface area contributed by atoms with Crippen molar-refractivity contribution in [2.24, 2.45) is 0 Å². The van der Waals surface area contributed by atoms with Gasteiger partial charge in [-0.3, -0.25) is 4.79 Å². The summed E-state index contributed by atoms with van der Waals surface area (Å²) < 4.78 is 26.9. The summed E-state index contributed by atoms with van der Waals surface area (Å²) in [7, 11) is -3.78. The number of benzene rings is 2. The second-order valence-electron chi connectivity index (χ2n) is 7.31. The number of nitrogens with one attached hydrogen (secondary N) is 1. The molecule has 0 fully saturated rings. The van der Waals surface area contributed by atoms with E-state index < -0.39 is 15.6 Å². The Morgan fingerprint density at radius 3 is 2.11 bits per heavy atom. The molecule has 0 aliphatic rings. The maximum Gasteiger partial charge on any atom is 0.237 e. The Labute approximate surface area is 161 Å². The van der Waals surface area contributed by atoms with E-state index in [-0.39, 0.29) is 19.0 Å². The summed E-state index contributed by atoms with van der Waals surface area (Å²) in [5.41, 5.74) is 1.16. The van der Waals surface area contributed by atoms with E-state index in [9.17, 15) is 13.2 Å². The van der Waals surface area contributed by atoms with E-state index in [1.807, 2.05) is 81.4 Å². The minimum atomic E-state index is -3.78. The number of carbonyl (C=O) groups is 1. The first-order valence-electron chi connectivity index (χ1n) is 8.74. The highest BCUT2D eigenvalue weighted by Crippen LogP contribution is 2.13. The first kappa shape index (κ1) is 20.9. The second-order valence-corrected chi connectivity index (χ2v) is 9.13. The minimum Gasteiger partial charge on any atom is -0.350 e. The number of hydrogen-bond donors (Lipinski definition) is 1. The van der Waals surface area contributed by atoms with Crippen molar-refractivity contribution in [2.75, 3.05) is 6.54 Å². The summed E-state index contributed by atoms with van der Waals surface area (Å²) in [5, 5.41) is 3.96. The fourth-order valence-corrected chi connectivity index (χ4v) is 3.58. The van der Waals surface area contributed by atoms with Crippen molar-refractivity contribution < 1.29 is 13.2 Å². The van der Waals surface area contributed by atoms with E-state index in [0.717, 1.165) is 16.5 Å². The molecule has 144 valence electrons. The van der Waals surface area contributed by atoms with Crippen LogP contribution in [-0.2, 0) is 21.4 Å². The fourth-order valence-electron chi connectivity index (χ4n) is 2.46. The van der Waals surface area contributed by atoms with Gasteiger partial charge in [-0.15, -0.1) is 0 Å². The molecule has 1 N–H and O–H groups in total. The summed E-state index contributed by atoms with van der Waals surface area (Å²) >= 11 is 0. The first-order valence-corrected chi connectivity index (χ1v) is 10.2. The molecule has 0 unspecified atom stereocenters. The largest absolute Gasteiger partial charge is 0.350 e. The molecule has 0 bridgehead atoms. The lowest BCUT2D eigenvalue weighted by Crippen LogP contribution is -2.46. The molecular formula is C21H26N2O3S. The van der Waals surface area contributed by atoms with Gasteiger partial charge in [-0.1, -0.05) is 60.7 Å². The van der Waals surface area contributed by atoms with E-state index in [0.29, 0.717) is 0 Å². The Kier molecular flexibility index (Phi) is 6.93. The van der Waals surface area contributed by atoms with Crippen LogP contribution in [0.25, 0.3) is 6.08 Å². The molecule has 0 aliphatic carbocycles. The fraction of sp³-hybridized carbons (Fsp3) is 0.286. The van der Waals surface area contributed by atoms with Crippen LogP contribution in [0.15, 0.2) is 66.1 Å². The van der Waals surface area contributed by atoms with Crippen LogP contribution in [0.1, 0.15) is 31.9 Å². The average Bonchev–Trinajstić information content (AvgIpc) is 2.60. The highest BCUT2D eigenvalue weighted by Gasteiger charge is 2.24. The van der Waals surface area contributed by atoms with Gasteiger partial charge in [-0.05, 0) is 38.0 Å². The molecule has 0 radical (unpaired) electrons. The van der Waals surface area contributed by atoms with Gasteiger partial charge >= 0.3 is 0 Å². The zero-order chi connectivity index (χ0) is 19.9. The van der Waals surface area contributed by atoms with E-state index in [1.165, 1.54) is 10.4 Å². The normalized spacial score (nSPS) is 12.4. The maximum absolute atomic E-state index is 12.9. The Morgan fingerprint density at radius 2 is 1.56 bits per heavy atom. The molecule has 0 aliphatic heterocycles. The van der Waals surface area contributed by atoms with Crippen LogP contribution in [0.2, 0.25) is 0 Å². The van der Waals surface area contributed by atoms with Gasteiger partial charge in [-0.2, -0.15) is 4.31 Å². The minimum absolute atomic E-state index is 0.125. The molecule has 0 saturated carbocycles.